The predicted octanol–water partition coefficient (Wildman–Crippen LogP) is 1.67. The lowest BCUT2D eigenvalue weighted by molar-refractivity contribution is -0.150. The average Bonchev–Trinajstić information content (AvgIpc) is 2.62. The molecule has 2 aliphatic rings. The van der Waals surface area contributed by atoms with E-state index in [9.17, 15) is 9.59 Å². The number of anilines is 1. The summed E-state index contributed by atoms with van der Waals surface area (Å²) in [6.45, 7) is 4.87. The highest BCUT2D eigenvalue weighted by Crippen LogP contribution is 2.32. The predicted molar refractivity (Wildman–Crippen MR) is 91.9 cm³/mol. The first kappa shape index (κ1) is 17.5. The molecule has 25 heavy (non-hydrogen) atoms. The van der Waals surface area contributed by atoms with E-state index >= 15 is 0 Å². The number of benzene rings is 1. The van der Waals surface area contributed by atoms with Gasteiger partial charge in [0, 0.05) is 18.3 Å². The smallest absolute Gasteiger partial charge is 0.310 e. The topological polar surface area (TPSA) is 77.1 Å². The summed E-state index contributed by atoms with van der Waals surface area (Å²) in [7, 11) is 0. The lowest BCUT2D eigenvalue weighted by atomic mass is 9.98. The van der Waals surface area contributed by atoms with Crippen molar-refractivity contribution in [2.24, 2.45) is 5.92 Å². The summed E-state index contributed by atoms with van der Waals surface area (Å²) in [4.78, 5) is 26.2. The van der Waals surface area contributed by atoms with Gasteiger partial charge in [-0.3, -0.25) is 14.5 Å². The van der Waals surface area contributed by atoms with Crippen molar-refractivity contribution in [2.45, 2.75) is 19.8 Å². The number of ether oxygens (including phenoxy) is 3. The first-order chi connectivity index (χ1) is 12.2. The Morgan fingerprint density at radius 2 is 2.08 bits per heavy atom. The van der Waals surface area contributed by atoms with Crippen molar-refractivity contribution in [1.29, 1.82) is 0 Å². The van der Waals surface area contributed by atoms with E-state index in [1.807, 2.05) is 4.90 Å². The molecule has 1 fully saturated rings. The minimum Gasteiger partial charge on any atom is -0.486 e. The summed E-state index contributed by atoms with van der Waals surface area (Å²) in [6, 6.07) is 5.36. The number of fused-ring (bicyclic) bond motifs is 1. The van der Waals surface area contributed by atoms with Gasteiger partial charge in [0.2, 0.25) is 5.91 Å². The van der Waals surface area contributed by atoms with Gasteiger partial charge in [-0.1, -0.05) is 0 Å². The van der Waals surface area contributed by atoms with Gasteiger partial charge in [-0.05, 0) is 38.4 Å². The van der Waals surface area contributed by atoms with E-state index < -0.39 is 0 Å². The lowest BCUT2D eigenvalue weighted by Gasteiger charge is -2.30. The number of carbonyl (C=O) groups is 2. The molecule has 1 amide bonds. The van der Waals surface area contributed by atoms with Crippen molar-refractivity contribution in [3.63, 3.8) is 0 Å². The zero-order chi connectivity index (χ0) is 17.6. The van der Waals surface area contributed by atoms with E-state index in [1.165, 1.54) is 0 Å². The molecule has 2 heterocycles. The van der Waals surface area contributed by atoms with Gasteiger partial charge >= 0.3 is 5.97 Å². The molecular weight excluding hydrogens is 324 g/mol. The van der Waals surface area contributed by atoms with Crippen LogP contribution in [-0.4, -0.2) is 56.2 Å². The van der Waals surface area contributed by atoms with Gasteiger partial charge in [0.15, 0.2) is 11.5 Å². The summed E-state index contributed by atoms with van der Waals surface area (Å²) in [5.74, 6) is 0.915. The van der Waals surface area contributed by atoms with Gasteiger partial charge in [0.25, 0.3) is 0 Å². The maximum Gasteiger partial charge on any atom is 0.310 e. The second-order valence-electron chi connectivity index (χ2n) is 6.23. The highest BCUT2D eigenvalue weighted by atomic mass is 16.6. The maximum absolute atomic E-state index is 12.3. The SMILES string of the molecule is CCOC(=O)C1CCCN(CC(=O)Nc2ccc3c(c2)OCCO3)C1. The van der Waals surface area contributed by atoms with Crippen LogP contribution in [-0.2, 0) is 14.3 Å². The van der Waals surface area contributed by atoms with Crippen LogP contribution < -0.4 is 14.8 Å². The van der Waals surface area contributed by atoms with Crippen molar-refractivity contribution in [3.05, 3.63) is 18.2 Å². The Bertz CT molecular complexity index is 634. The number of hydrogen-bond donors (Lipinski definition) is 1. The molecule has 0 bridgehead atoms. The van der Waals surface area contributed by atoms with E-state index in [-0.39, 0.29) is 24.3 Å². The summed E-state index contributed by atoms with van der Waals surface area (Å²) in [5, 5.41) is 2.88. The Hall–Kier alpha value is -2.28. The number of esters is 1. The molecule has 1 N–H and O–H groups in total. The summed E-state index contributed by atoms with van der Waals surface area (Å²) < 4.78 is 16.1. The molecule has 1 aromatic carbocycles. The Labute approximate surface area is 147 Å². The molecule has 0 aromatic heterocycles. The van der Waals surface area contributed by atoms with Crippen LogP contribution in [0.5, 0.6) is 11.5 Å². The molecule has 1 saturated heterocycles. The summed E-state index contributed by atoms with van der Waals surface area (Å²) in [6.07, 6.45) is 1.71. The van der Waals surface area contributed by atoms with Gasteiger partial charge in [-0.15, -0.1) is 0 Å². The first-order valence-corrected chi connectivity index (χ1v) is 8.74. The van der Waals surface area contributed by atoms with E-state index in [0.29, 0.717) is 43.6 Å². The van der Waals surface area contributed by atoms with Crippen LogP contribution >= 0.6 is 0 Å². The number of piperidine rings is 1. The van der Waals surface area contributed by atoms with Crippen molar-refractivity contribution < 1.29 is 23.8 Å². The summed E-state index contributed by atoms with van der Waals surface area (Å²) in [5.41, 5.74) is 0.674. The number of hydrogen-bond acceptors (Lipinski definition) is 6. The Balaban J connectivity index is 1.53. The normalized spacial score (nSPS) is 20.0. The molecule has 2 aliphatic heterocycles. The first-order valence-electron chi connectivity index (χ1n) is 8.74. The van der Waals surface area contributed by atoms with E-state index in [4.69, 9.17) is 14.2 Å². The average molecular weight is 348 g/mol. The third kappa shape index (κ3) is 4.63. The highest BCUT2D eigenvalue weighted by molar-refractivity contribution is 5.92. The molecule has 3 rings (SSSR count). The third-order valence-corrected chi connectivity index (χ3v) is 4.32. The molecule has 1 aromatic rings. The fourth-order valence-corrected chi connectivity index (χ4v) is 3.18. The molecule has 7 heteroatoms. The fourth-order valence-electron chi connectivity index (χ4n) is 3.18. The molecule has 136 valence electrons. The van der Waals surface area contributed by atoms with Crippen LogP contribution in [0.1, 0.15) is 19.8 Å². The van der Waals surface area contributed by atoms with Gasteiger partial charge in [-0.2, -0.15) is 0 Å². The zero-order valence-electron chi connectivity index (χ0n) is 14.5. The standard InChI is InChI=1S/C18H24N2O5/c1-2-23-18(22)13-4-3-7-20(11-13)12-17(21)19-14-5-6-15-16(10-14)25-9-8-24-15/h5-6,10,13H,2-4,7-9,11-12H2,1H3,(H,19,21). The van der Waals surface area contributed by atoms with Crippen LogP contribution in [0.15, 0.2) is 18.2 Å². The molecular formula is C18H24N2O5. The van der Waals surface area contributed by atoms with Crippen LogP contribution in [0.25, 0.3) is 0 Å². The number of carbonyl (C=O) groups excluding carboxylic acids is 2. The van der Waals surface area contributed by atoms with Gasteiger partial charge in [-0.25, -0.2) is 0 Å². The Morgan fingerprint density at radius 3 is 2.88 bits per heavy atom. The van der Waals surface area contributed by atoms with Crippen LogP contribution in [0.3, 0.4) is 0 Å². The van der Waals surface area contributed by atoms with Gasteiger partial charge in [0.05, 0.1) is 19.1 Å². The monoisotopic (exact) mass is 348 g/mol. The number of nitrogens with zero attached hydrogens (tertiary/aromatic N) is 1. The van der Waals surface area contributed by atoms with Gasteiger partial charge in [0.1, 0.15) is 13.2 Å². The number of nitrogens with one attached hydrogen (secondary N) is 1. The van der Waals surface area contributed by atoms with Crippen molar-refractivity contribution in [1.82, 2.24) is 4.90 Å². The fraction of sp³-hybridized carbons (Fsp3) is 0.556. The second-order valence-corrected chi connectivity index (χ2v) is 6.23. The van der Waals surface area contributed by atoms with Crippen molar-refractivity contribution in [2.75, 3.05) is 44.8 Å². The summed E-state index contributed by atoms with van der Waals surface area (Å²) >= 11 is 0. The quantitative estimate of drug-likeness (QED) is 0.816. The van der Waals surface area contributed by atoms with Crippen LogP contribution in [0, 0.1) is 5.92 Å². The highest BCUT2D eigenvalue weighted by Gasteiger charge is 2.27. The lowest BCUT2D eigenvalue weighted by Crippen LogP contribution is -2.43. The maximum atomic E-state index is 12.3. The third-order valence-electron chi connectivity index (χ3n) is 4.32. The Morgan fingerprint density at radius 1 is 1.28 bits per heavy atom. The number of likely N-dealkylation sites (tertiary alicyclic amines) is 1. The second kappa shape index (κ2) is 8.20. The molecule has 0 radical (unpaired) electrons. The van der Waals surface area contributed by atoms with Crippen molar-refractivity contribution in [3.8, 4) is 11.5 Å². The van der Waals surface area contributed by atoms with Crippen LogP contribution in [0.2, 0.25) is 0 Å². The number of rotatable bonds is 5. The van der Waals surface area contributed by atoms with E-state index in [0.717, 1.165) is 19.4 Å². The van der Waals surface area contributed by atoms with E-state index in [1.54, 1.807) is 25.1 Å². The zero-order valence-corrected chi connectivity index (χ0v) is 14.5. The van der Waals surface area contributed by atoms with Gasteiger partial charge < -0.3 is 19.5 Å². The molecule has 1 atom stereocenters. The molecule has 0 spiro atoms. The van der Waals surface area contributed by atoms with Crippen LogP contribution in [0.4, 0.5) is 5.69 Å². The molecule has 0 aliphatic carbocycles. The molecule has 1 unspecified atom stereocenters. The van der Waals surface area contributed by atoms with E-state index in [2.05, 4.69) is 5.32 Å². The molecule has 7 nitrogen and oxygen atoms in total. The minimum absolute atomic E-state index is 0.110. The minimum atomic E-state index is -0.167. The molecule has 0 saturated carbocycles. The van der Waals surface area contributed by atoms with Crippen molar-refractivity contribution >= 4 is 17.6 Å². The number of amides is 1. The largest absolute Gasteiger partial charge is 0.486 e. The Kier molecular flexibility index (Phi) is 5.75.